The number of amides is 1. The molecule has 9 nitrogen and oxygen atoms in total. The molecule has 0 spiro atoms. The summed E-state index contributed by atoms with van der Waals surface area (Å²) in [4.78, 5) is 29.2. The van der Waals surface area contributed by atoms with Gasteiger partial charge in [0.25, 0.3) is 0 Å². The monoisotopic (exact) mass is 317 g/mol. The van der Waals surface area contributed by atoms with E-state index in [1.807, 2.05) is 0 Å². The van der Waals surface area contributed by atoms with Crippen molar-refractivity contribution in [3.8, 4) is 0 Å². The molecule has 1 fully saturated rings. The fourth-order valence-electron chi connectivity index (χ4n) is 1.70. The zero-order valence-electron chi connectivity index (χ0n) is 9.91. The summed E-state index contributed by atoms with van der Waals surface area (Å²) in [5, 5.41) is 30.7. The van der Waals surface area contributed by atoms with Crippen LogP contribution in [0.15, 0.2) is 0 Å². The third-order valence-electron chi connectivity index (χ3n) is 2.49. The van der Waals surface area contributed by atoms with Crippen LogP contribution in [0.3, 0.4) is 0 Å². The number of carbonyl (C=O) groups excluding carboxylic acids is 1. The Morgan fingerprint density at radius 2 is 2.00 bits per heavy atom. The topological polar surface area (TPSA) is 149 Å². The number of hydrogen-bond acceptors (Lipinski definition) is 7. The Bertz CT molecular complexity index is 376. The highest BCUT2D eigenvalue weighted by atomic mass is 32.5. The second-order valence-electron chi connectivity index (χ2n) is 4.03. The lowest BCUT2D eigenvalue weighted by Crippen LogP contribution is -2.64. The van der Waals surface area contributed by atoms with Crippen LogP contribution in [0.1, 0.15) is 6.92 Å². The minimum absolute atomic E-state index is 0.555. The molecular formula is C8H16NO8PS. The quantitative estimate of drug-likeness (QED) is 0.301. The van der Waals surface area contributed by atoms with E-state index in [0.29, 0.717) is 0 Å². The lowest BCUT2D eigenvalue weighted by Gasteiger charge is -2.42. The molecule has 0 radical (unpaired) electrons. The molecule has 0 aliphatic carbocycles. The number of rotatable bonds is 4. The average molecular weight is 317 g/mol. The fourth-order valence-corrected chi connectivity index (χ4v) is 2.40. The number of ether oxygens (including phenoxy) is 1. The summed E-state index contributed by atoms with van der Waals surface area (Å²) in [6.07, 6.45) is -5.70. The third kappa shape index (κ3) is 4.71. The van der Waals surface area contributed by atoms with E-state index in [4.69, 9.17) is 19.6 Å². The molecule has 0 unspecified atom stereocenters. The van der Waals surface area contributed by atoms with Crippen molar-refractivity contribution < 1.29 is 39.2 Å². The van der Waals surface area contributed by atoms with Gasteiger partial charge in [-0.15, -0.1) is 0 Å². The van der Waals surface area contributed by atoms with Gasteiger partial charge in [0, 0.05) is 6.92 Å². The van der Waals surface area contributed by atoms with Crippen LogP contribution in [0.4, 0.5) is 0 Å². The molecule has 0 aromatic heterocycles. The lowest BCUT2D eigenvalue weighted by molar-refractivity contribution is -0.246. The van der Waals surface area contributed by atoms with E-state index >= 15 is 0 Å². The summed E-state index contributed by atoms with van der Waals surface area (Å²) in [7, 11) is 0. The van der Waals surface area contributed by atoms with E-state index in [0.717, 1.165) is 6.92 Å². The van der Waals surface area contributed by atoms with Gasteiger partial charge in [0.15, 0.2) is 6.29 Å². The Kier molecular flexibility index (Phi) is 5.80. The summed E-state index contributed by atoms with van der Waals surface area (Å²) in [6.45, 7) is -3.59. The number of nitrogens with one attached hydrogen (secondary N) is 1. The second-order valence-corrected chi connectivity index (χ2v) is 6.65. The molecule has 11 heteroatoms. The standard InChI is InChI=1S/C8H16NO8PS/c1-3(11)9-5-7(13)6(12)4(2-10)16-8(5)17-18(14,15)19/h4-8,10,12-13H,2H2,1H3,(H,9,11)(H2,14,15,19)/t4-,5-,6-,7-,8-/m1/s1. The van der Waals surface area contributed by atoms with Gasteiger partial charge in [-0.25, -0.2) is 0 Å². The predicted molar refractivity (Wildman–Crippen MR) is 65.2 cm³/mol. The van der Waals surface area contributed by atoms with E-state index in [1.54, 1.807) is 0 Å². The van der Waals surface area contributed by atoms with Crippen LogP contribution in [-0.2, 0) is 25.9 Å². The highest BCUT2D eigenvalue weighted by Crippen LogP contribution is 2.41. The van der Waals surface area contributed by atoms with Crippen molar-refractivity contribution in [2.75, 3.05) is 6.61 Å². The van der Waals surface area contributed by atoms with Crippen molar-refractivity contribution in [2.24, 2.45) is 0 Å². The molecule has 1 saturated heterocycles. The van der Waals surface area contributed by atoms with Gasteiger partial charge in [0.1, 0.15) is 24.4 Å². The summed E-state index contributed by atoms with van der Waals surface area (Å²) in [5.41, 5.74) is 0. The Labute approximate surface area is 114 Å². The van der Waals surface area contributed by atoms with Crippen molar-refractivity contribution in [1.82, 2.24) is 5.32 Å². The van der Waals surface area contributed by atoms with Gasteiger partial charge in [-0.1, -0.05) is 0 Å². The van der Waals surface area contributed by atoms with Gasteiger partial charge >= 0.3 is 6.72 Å². The average Bonchev–Trinajstić information content (AvgIpc) is 2.26. The van der Waals surface area contributed by atoms with Crippen LogP contribution in [-0.4, -0.2) is 68.3 Å². The molecule has 1 aliphatic rings. The zero-order valence-corrected chi connectivity index (χ0v) is 11.6. The molecule has 1 aliphatic heterocycles. The highest BCUT2D eigenvalue weighted by Gasteiger charge is 2.46. The molecule has 0 saturated carbocycles. The summed E-state index contributed by atoms with van der Waals surface area (Å²) >= 11 is 4.28. The van der Waals surface area contributed by atoms with E-state index in [1.165, 1.54) is 0 Å². The maximum atomic E-state index is 11.0. The molecule has 0 aromatic carbocycles. The number of aliphatic hydroxyl groups is 3. The van der Waals surface area contributed by atoms with Crippen LogP contribution < -0.4 is 5.32 Å². The fraction of sp³-hybridized carbons (Fsp3) is 0.875. The summed E-state index contributed by atoms with van der Waals surface area (Å²) in [5.74, 6) is -0.555. The van der Waals surface area contributed by atoms with Crippen molar-refractivity contribution in [3.63, 3.8) is 0 Å². The molecular weight excluding hydrogens is 301 g/mol. The van der Waals surface area contributed by atoms with Crippen molar-refractivity contribution >= 4 is 24.4 Å². The van der Waals surface area contributed by atoms with Crippen molar-refractivity contribution in [3.05, 3.63) is 0 Å². The van der Waals surface area contributed by atoms with Crippen LogP contribution >= 0.6 is 6.72 Å². The molecule has 112 valence electrons. The van der Waals surface area contributed by atoms with E-state index < -0.39 is 49.9 Å². The Balaban J connectivity index is 2.92. The summed E-state index contributed by atoms with van der Waals surface area (Å²) in [6, 6.07) is -1.25. The van der Waals surface area contributed by atoms with Gasteiger partial charge in [0.2, 0.25) is 5.91 Å². The Morgan fingerprint density at radius 3 is 2.42 bits per heavy atom. The number of hydrogen-bond donors (Lipinski definition) is 6. The molecule has 1 heterocycles. The van der Waals surface area contributed by atoms with E-state index in [-0.39, 0.29) is 0 Å². The maximum absolute atomic E-state index is 11.0. The first-order chi connectivity index (χ1) is 8.65. The molecule has 1 amide bonds. The third-order valence-corrected chi connectivity index (χ3v) is 3.23. The van der Waals surface area contributed by atoms with E-state index in [2.05, 4.69) is 21.6 Å². The lowest BCUT2D eigenvalue weighted by atomic mass is 9.97. The SMILES string of the molecule is CC(=O)N[C@H]1[C@@H](OP(O)(O)=S)O[C@H](CO)[C@@H](O)[C@@H]1O. The van der Waals surface area contributed by atoms with Crippen molar-refractivity contribution in [2.45, 2.75) is 37.6 Å². The van der Waals surface area contributed by atoms with E-state index in [9.17, 15) is 15.0 Å². The van der Waals surface area contributed by atoms with Gasteiger partial charge < -0.3 is 35.2 Å². The summed E-state index contributed by atoms with van der Waals surface area (Å²) < 4.78 is 9.71. The predicted octanol–water partition coefficient (Wildman–Crippen LogP) is -2.84. The maximum Gasteiger partial charge on any atom is 0.324 e. The van der Waals surface area contributed by atoms with Crippen molar-refractivity contribution in [1.29, 1.82) is 0 Å². The minimum Gasteiger partial charge on any atom is -0.394 e. The van der Waals surface area contributed by atoms with Crippen LogP contribution in [0.5, 0.6) is 0 Å². The van der Waals surface area contributed by atoms with Crippen LogP contribution in [0, 0.1) is 0 Å². The van der Waals surface area contributed by atoms with Crippen LogP contribution in [0.25, 0.3) is 0 Å². The zero-order chi connectivity index (χ0) is 14.8. The largest absolute Gasteiger partial charge is 0.394 e. The molecule has 19 heavy (non-hydrogen) atoms. The molecule has 1 rings (SSSR count). The van der Waals surface area contributed by atoms with Gasteiger partial charge in [0.05, 0.1) is 6.61 Å². The number of carbonyl (C=O) groups is 1. The number of aliphatic hydroxyl groups excluding tert-OH is 3. The highest BCUT2D eigenvalue weighted by molar-refractivity contribution is 8.06. The first kappa shape index (κ1) is 16.9. The normalized spacial score (nSPS) is 36.0. The van der Waals surface area contributed by atoms with Gasteiger partial charge in [-0.05, 0) is 11.8 Å². The molecule has 0 aromatic rings. The van der Waals surface area contributed by atoms with Crippen LogP contribution in [0.2, 0.25) is 0 Å². The van der Waals surface area contributed by atoms with Gasteiger partial charge in [-0.2, -0.15) is 0 Å². The Morgan fingerprint density at radius 1 is 1.42 bits per heavy atom. The van der Waals surface area contributed by atoms with Gasteiger partial charge in [-0.3, -0.25) is 9.32 Å². The first-order valence-corrected chi connectivity index (χ1v) is 7.92. The Hall–Kier alpha value is -0.160. The molecule has 5 atom stereocenters. The smallest absolute Gasteiger partial charge is 0.324 e. The minimum atomic E-state index is -4.12. The second kappa shape index (κ2) is 6.53. The first-order valence-electron chi connectivity index (χ1n) is 5.29. The molecule has 0 bridgehead atoms. The molecule has 6 N–H and O–H groups in total.